The molecular weight excluding hydrogens is 490 g/mol. The van der Waals surface area contributed by atoms with Gasteiger partial charge in [-0.25, -0.2) is 9.96 Å². The second-order valence-electron chi connectivity index (χ2n) is 9.22. The molecule has 2 aliphatic rings. The number of carbonyl (C=O) groups is 2. The van der Waals surface area contributed by atoms with Gasteiger partial charge in [0.1, 0.15) is 17.4 Å². The van der Waals surface area contributed by atoms with Crippen molar-refractivity contribution in [1.29, 1.82) is 0 Å². The molecule has 0 aliphatic carbocycles. The van der Waals surface area contributed by atoms with Gasteiger partial charge < -0.3 is 9.84 Å². The highest BCUT2D eigenvalue weighted by Gasteiger charge is 2.60. The van der Waals surface area contributed by atoms with Crippen LogP contribution in [0.25, 0.3) is 0 Å². The number of benzene rings is 3. The molecule has 5 rings (SSSR count). The third kappa shape index (κ3) is 4.54. The quantitative estimate of drug-likeness (QED) is 0.184. The van der Waals surface area contributed by atoms with Crippen LogP contribution in [0.5, 0.6) is 11.5 Å². The Morgan fingerprint density at radius 1 is 0.974 bits per heavy atom. The van der Waals surface area contributed by atoms with Crippen LogP contribution in [0.15, 0.2) is 72.8 Å². The van der Waals surface area contributed by atoms with E-state index in [9.17, 15) is 24.8 Å². The number of para-hydroxylation sites is 1. The van der Waals surface area contributed by atoms with Gasteiger partial charge in [-0.2, -0.15) is 0 Å². The summed E-state index contributed by atoms with van der Waals surface area (Å²) in [6.45, 7) is 2.70. The number of unbranched alkanes of at least 4 members (excludes halogenated alkanes) is 2. The first-order chi connectivity index (χ1) is 18.4. The highest BCUT2D eigenvalue weighted by molar-refractivity contribution is 6.24. The van der Waals surface area contributed by atoms with Gasteiger partial charge in [-0.3, -0.25) is 24.5 Å². The average molecular weight is 518 g/mol. The van der Waals surface area contributed by atoms with Crippen molar-refractivity contribution >= 4 is 28.9 Å². The molecule has 196 valence electrons. The third-order valence-electron chi connectivity index (χ3n) is 6.78. The molecule has 3 atom stereocenters. The van der Waals surface area contributed by atoms with Crippen molar-refractivity contribution in [3.8, 4) is 11.5 Å². The fraction of sp³-hybridized carbons (Fsp3) is 0.286. The molecule has 38 heavy (non-hydrogen) atoms. The van der Waals surface area contributed by atoms with Gasteiger partial charge in [0.2, 0.25) is 5.91 Å². The summed E-state index contributed by atoms with van der Waals surface area (Å²) in [6, 6.07) is 18.4. The van der Waals surface area contributed by atoms with Crippen LogP contribution in [0.2, 0.25) is 0 Å². The Labute approximate surface area is 219 Å². The molecule has 3 aromatic rings. The normalized spacial score (nSPS) is 20.6. The summed E-state index contributed by atoms with van der Waals surface area (Å²) in [5, 5.41) is 23.4. The molecule has 0 spiro atoms. The summed E-state index contributed by atoms with van der Waals surface area (Å²) in [6.07, 6.45) is 1.97. The maximum atomic E-state index is 13.8. The Bertz CT molecular complexity index is 1350. The van der Waals surface area contributed by atoms with Gasteiger partial charge in [0.15, 0.2) is 6.10 Å². The van der Waals surface area contributed by atoms with E-state index in [1.54, 1.807) is 48.5 Å². The second kappa shape index (κ2) is 10.5. The first-order valence-corrected chi connectivity index (χ1v) is 12.5. The zero-order valence-corrected chi connectivity index (χ0v) is 20.7. The van der Waals surface area contributed by atoms with E-state index in [-0.39, 0.29) is 17.0 Å². The Morgan fingerprint density at radius 2 is 1.71 bits per heavy atom. The zero-order chi connectivity index (χ0) is 26.8. The van der Waals surface area contributed by atoms with Gasteiger partial charge in [-0.1, -0.05) is 38.0 Å². The average Bonchev–Trinajstić information content (AvgIpc) is 3.43. The lowest BCUT2D eigenvalue weighted by Gasteiger charge is -2.29. The Kier molecular flexibility index (Phi) is 6.97. The fourth-order valence-corrected chi connectivity index (χ4v) is 4.91. The molecule has 2 aliphatic heterocycles. The molecule has 1 N–H and O–H groups in total. The van der Waals surface area contributed by atoms with Crippen LogP contribution >= 0.6 is 0 Å². The minimum atomic E-state index is -1.13. The van der Waals surface area contributed by atoms with Crippen molar-refractivity contribution in [2.75, 3.05) is 16.6 Å². The third-order valence-corrected chi connectivity index (χ3v) is 6.78. The second-order valence-corrected chi connectivity index (χ2v) is 9.22. The predicted molar refractivity (Wildman–Crippen MR) is 139 cm³/mol. The van der Waals surface area contributed by atoms with E-state index in [1.807, 2.05) is 6.07 Å². The lowest BCUT2D eigenvalue weighted by atomic mass is 9.90. The van der Waals surface area contributed by atoms with Crippen LogP contribution in [0.4, 0.5) is 17.1 Å². The smallest absolute Gasteiger partial charge is 0.273 e. The number of hydroxylamine groups is 1. The van der Waals surface area contributed by atoms with Crippen molar-refractivity contribution in [3.63, 3.8) is 0 Å². The number of phenols is 1. The van der Waals surface area contributed by atoms with Crippen LogP contribution < -0.4 is 14.7 Å². The summed E-state index contributed by atoms with van der Waals surface area (Å²) in [4.78, 5) is 45.0. The van der Waals surface area contributed by atoms with Crippen LogP contribution in [0.1, 0.15) is 37.8 Å². The number of hydrogen-bond acceptors (Lipinski definition) is 8. The van der Waals surface area contributed by atoms with Gasteiger partial charge >= 0.3 is 0 Å². The number of carbonyl (C=O) groups excluding carboxylic acids is 2. The van der Waals surface area contributed by atoms with Crippen LogP contribution in [-0.2, 0) is 14.4 Å². The number of nitro groups is 1. The zero-order valence-electron chi connectivity index (χ0n) is 20.7. The van der Waals surface area contributed by atoms with Gasteiger partial charge in [0.25, 0.3) is 11.6 Å². The Morgan fingerprint density at radius 3 is 2.37 bits per heavy atom. The number of nitrogens with zero attached hydrogens (tertiary/aromatic N) is 3. The van der Waals surface area contributed by atoms with Crippen molar-refractivity contribution in [2.24, 2.45) is 5.92 Å². The Balaban J connectivity index is 1.46. The standard InChI is InChI=1S/C28H27N3O7/c1-2-3-7-16-37-21-13-10-18(11-14-21)29-27(33)24-25(22-15-12-20(31(35)36)17-23(22)32)30(38-26(24)28(29)34)19-8-5-4-6-9-19/h4-6,8-15,17,24-26,32H,2-3,7,16H2,1H3. The van der Waals surface area contributed by atoms with E-state index in [0.29, 0.717) is 23.7 Å². The number of imide groups is 1. The van der Waals surface area contributed by atoms with Gasteiger partial charge in [0, 0.05) is 11.6 Å². The molecule has 2 heterocycles. The number of fused-ring (bicyclic) bond motifs is 1. The summed E-state index contributed by atoms with van der Waals surface area (Å²) in [5.41, 5.74) is 0.907. The molecule has 2 saturated heterocycles. The minimum Gasteiger partial charge on any atom is -0.507 e. The van der Waals surface area contributed by atoms with Crippen molar-refractivity contribution in [3.05, 3.63) is 88.5 Å². The highest BCUT2D eigenvalue weighted by atomic mass is 16.7. The highest BCUT2D eigenvalue weighted by Crippen LogP contribution is 2.49. The number of rotatable bonds is 9. The van der Waals surface area contributed by atoms with E-state index in [4.69, 9.17) is 9.57 Å². The SMILES string of the molecule is CCCCCOc1ccc(N2C(=O)C3ON(c4ccccc4)C(c4ccc([N+](=O)[O-])cc4O)C3C2=O)cc1. The molecule has 0 aromatic heterocycles. The monoisotopic (exact) mass is 517 g/mol. The molecule has 0 radical (unpaired) electrons. The maximum absolute atomic E-state index is 13.8. The summed E-state index contributed by atoms with van der Waals surface area (Å²) < 4.78 is 5.74. The van der Waals surface area contributed by atoms with Crippen molar-refractivity contribution in [2.45, 2.75) is 38.3 Å². The molecule has 3 aromatic carbocycles. The van der Waals surface area contributed by atoms with Gasteiger partial charge in [0.05, 0.1) is 35.0 Å². The van der Waals surface area contributed by atoms with Crippen LogP contribution in [0.3, 0.4) is 0 Å². The number of nitro benzene ring substituents is 1. The molecule has 10 nitrogen and oxygen atoms in total. The lowest BCUT2D eigenvalue weighted by Crippen LogP contribution is -2.37. The number of ether oxygens (including phenoxy) is 1. The summed E-state index contributed by atoms with van der Waals surface area (Å²) in [5.74, 6) is -1.72. The minimum absolute atomic E-state index is 0.241. The molecule has 10 heteroatoms. The van der Waals surface area contributed by atoms with Gasteiger partial charge in [-0.15, -0.1) is 0 Å². The molecule has 2 fully saturated rings. The largest absolute Gasteiger partial charge is 0.507 e. The summed E-state index contributed by atoms with van der Waals surface area (Å²) in [7, 11) is 0. The lowest BCUT2D eigenvalue weighted by molar-refractivity contribution is -0.385. The van der Waals surface area contributed by atoms with E-state index in [0.717, 1.165) is 30.2 Å². The van der Waals surface area contributed by atoms with Crippen LogP contribution in [0, 0.1) is 16.0 Å². The number of aromatic hydroxyl groups is 1. The van der Waals surface area contributed by atoms with Crippen molar-refractivity contribution < 1.29 is 29.2 Å². The maximum Gasteiger partial charge on any atom is 0.273 e. The fourth-order valence-electron chi connectivity index (χ4n) is 4.91. The van der Waals surface area contributed by atoms with Crippen molar-refractivity contribution in [1.82, 2.24) is 0 Å². The van der Waals surface area contributed by atoms with Crippen LogP contribution in [-0.4, -0.2) is 34.6 Å². The number of anilines is 2. The first kappa shape index (κ1) is 25.2. The van der Waals surface area contributed by atoms with E-state index in [2.05, 4.69) is 6.92 Å². The molecule has 0 bridgehead atoms. The van der Waals surface area contributed by atoms with E-state index < -0.39 is 34.8 Å². The van der Waals surface area contributed by atoms with Gasteiger partial charge in [-0.05, 0) is 48.9 Å². The summed E-state index contributed by atoms with van der Waals surface area (Å²) >= 11 is 0. The predicted octanol–water partition coefficient (Wildman–Crippen LogP) is 4.92. The number of phenolic OH excluding ortho intramolecular Hbond substituents is 1. The molecule has 2 amide bonds. The molecule has 3 unspecified atom stereocenters. The van der Waals surface area contributed by atoms with E-state index in [1.165, 1.54) is 17.2 Å². The molecular formula is C28H27N3O7. The van der Waals surface area contributed by atoms with E-state index >= 15 is 0 Å². The molecule has 0 saturated carbocycles. The number of amides is 2. The topological polar surface area (TPSA) is 122 Å². The number of hydrogen-bond donors (Lipinski definition) is 1. The first-order valence-electron chi connectivity index (χ1n) is 12.5. The number of non-ortho nitro benzene ring substituents is 1. The Hall–Kier alpha value is -4.44.